The molecule has 0 bridgehead atoms. The molecule has 0 spiro atoms. The zero-order chi connectivity index (χ0) is 21.5. The summed E-state index contributed by atoms with van der Waals surface area (Å²) >= 11 is 0. The van der Waals surface area contributed by atoms with Gasteiger partial charge in [0.15, 0.2) is 5.82 Å². The van der Waals surface area contributed by atoms with Gasteiger partial charge in [-0.2, -0.15) is 0 Å². The Labute approximate surface area is 176 Å². The molecule has 1 amide bonds. The van der Waals surface area contributed by atoms with Crippen LogP contribution in [0.3, 0.4) is 0 Å². The highest BCUT2D eigenvalue weighted by molar-refractivity contribution is 6.06. The number of amides is 1. The number of carbonyl (C=O) groups is 1. The van der Waals surface area contributed by atoms with Gasteiger partial charge in [-0.1, -0.05) is 25.1 Å². The summed E-state index contributed by atoms with van der Waals surface area (Å²) in [6, 6.07) is 8.02. The molecule has 0 aliphatic heterocycles. The third-order valence-electron chi connectivity index (χ3n) is 5.06. The minimum Gasteiger partial charge on any atom is -0.388 e. The van der Waals surface area contributed by atoms with E-state index < -0.39 is 0 Å². The summed E-state index contributed by atoms with van der Waals surface area (Å²) in [5.41, 5.74) is 14.4. The first-order chi connectivity index (χ1) is 14.5. The Morgan fingerprint density at radius 3 is 2.77 bits per heavy atom. The van der Waals surface area contributed by atoms with Crippen LogP contribution in [0.1, 0.15) is 45.4 Å². The SMILES string of the molecule is CCc1nc2c(N)nc3ccccc3c2n1CCCCNC(=O)CCCN=C(C)N. The molecule has 0 saturated carbocycles. The van der Waals surface area contributed by atoms with Gasteiger partial charge in [0, 0.05) is 37.9 Å². The molecule has 0 aliphatic rings. The highest BCUT2D eigenvalue weighted by Crippen LogP contribution is 2.29. The number of carbonyl (C=O) groups excluding carboxylic acids is 1. The summed E-state index contributed by atoms with van der Waals surface area (Å²) in [4.78, 5) is 25.3. The first-order valence-corrected chi connectivity index (χ1v) is 10.6. The molecule has 160 valence electrons. The number of para-hydroxylation sites is 1. The summed E-state index contributed by atoms with van der Waals surface area (Å²) in [6.07, 6.45) is 3.84. The number of anilines is 1. The van der Waals surface area contributed by atoms with E-state index in [9.17, 15) is 4.79 Å². The van der Waals surface area contributed by atoms with Gasteiger partial charge in [0.1, 0.15) is 11.3 Å². The number of aromatic nitrogens is 3. The van der Waals surface area contributed by atoms with Gasteiger partial charge in [-0.25, -0.2) is 9.97 Å². The number of hydrogen-bond donors (Lipinski definition) is 3. The zero-order valence-corrected chi connectivity index (χ0v) is 17.8. The standard InChI is InChI=1S/C22H31N7O/c1-3-18-28-20-21(16-9-4-5-10-17(16)27-22(20)24)29(18)14-7-6-12-26-19(30)11-8-13-25-15(2)23/h4-5,9-10H,3,6-8,11-14H2,1-2H3,(H2,23,25)(H2,24,27)(H,26,30). The van der Waals surface area contributed by atoms with Crippen LogP contribution in [0.5, 0.6) is 0 Å². The maximum Gasteiger partial charge on any atom is 0.220 e. The fourth-order valence-corrected chi connectivity index (χ4v) is 3.62. The highest BCUT2D eigenvalue weighted by Gasteiger charge is 2.16. The second-order valence-electron chi connectivity index (χ2n) is 7.43. The van der Waals surface area contributed by atoms with Crippen LogP contribution >= 0.6 is 0 Å². The first kappa shape index (κ1) is 21.5. The number of fused-ring (bicyclic) bond motifs is 3. The molecule has 2 heterocycles. The molecule has 1 aromatic carbocycles. The number of imidazole rings is 1. The van der Waals surface area contributed by atoms with E-state index in [0.29, 0.717) is 37.6 Å². The van der Waals surface area contributed by atoms with Crippen LogP contribution in [-0.4, -0.2) is 39.4 Å². The lowest BCUT2D eigenvalue weighted by Crippen LogP contribution is -2.24. The topological polar surface area (TPSA) is 124 Å². The van der Waals surface area contributed by atoms with E-state index in [1.807, 2.05) is 18.2 Å². The van der Waals surface area contributed by atoms with Gasteiger partial charge in [0.25, 0.3) is 0 Å². The van der Waals surface area contributed by atoms with E-state index in [1.165, 1.54) is 0 Å². The number of aryl methyl sites for hydroxylation is 2. The molecule has 0 atom stereocenters. The summed E-state index contributed by atoms with van der Waals surface area (Å²) in [6.45, 7) is 5.93. The number of rotatable bonds is 10. The molecular weight excluding hydrogens is 378 g/mol. The van der Waals surface area contributed by atoms with E-state index in [4.69, 9.17) is 16.5 Å². The molecule has 0 unspecified atom stereocenters. The van der Waals surface area contributed by atoms with Crippen molar-refractivity contribution in [1.29, 1.82) is 0 Å². The maximum atomic E-state index is 11.9. The number of pyridine rings is 1. The average Bonchev–Trinajstić information content (AvgIpc) is 3.10. The smallest absolute Gasteiger partial charge is 0.220 e. The fourth-order valence-electron chi connectivity index (χ4n) is 3.62. The van der Waals surface area contributed by atoms with Crippen molar-refractivity contribution in [2.75, 3.05) is 18.8 Å². The van der Waals surface area contributed by atoms with Gasteiger partial charge >= 0.3 is 0 Å². The fraction of sp³-hybridized carbons (Fsp3) is 0.455. The molecule has 2 aromatic heterocycles. The van der Waals surface area contributed by atoms with Gasteiger partial charge < -0.3 is 21.4 Å². The number of hydrogen-bond acceptors (Lipinski definition) is 5. The van der Waals surface area contributed by atoms with Crippen LogP contribution in [0.2, 0.25) is 0 Å². The predicted octanol–water partition coefficient (Wildman–Crippen LogP) is 2.78. The Morgan fingerprint density at radius 2 is 2.00 bits per heavy atom. The largest absolute Gasteiger partial charge is 0.388 e. The Kier molecular flexibility index (Phi) is 7.21. The predicted molar refractivity (Wildman–Crippen MR) is 122 cm³/mol. The first-order valence-electron chi connectivity index (χ1n) is 10.6. The minimum absolute atomic E-state index is 0.0621. The normalized spacial score (nSPS) is 12.0. The summed E-state index contributed by atoms with van der Waals surface area (Å²) < 4.78 is 2.25. The van der Waals surface area contributed by atoms with Crippen molar-refractivity contribution in [2.24, 2.45) is 10.7 Å². The number of nitrogens with zero attached hydrogens (tertiary/aromatic N) is 4. The van der Waals surface area contributed by atoms with Gasteiger partial charge in [0.2, 0.25) is 5.91 Å². The third kappa shape index (κ3) is 5.06. The number of benzene rings is 1. The second kappa shape index (κ2) is 10.0. The van der Waals surface area contributed by atoms with Crippen molar-refractivity contribution >= 4 is 39.5 Å². The van der Waals surface area contributed by atoms with Gasteiger partial charge in [-0.15, -0.1) is 0 Å². The molecule has 5 N–H and O–H groups in total. The lowest BCUT2D eigenvalue weighted by Gasteiger charge is -2.10. The zero-order valence-electron chi connectivity index (χ0n) is 17.8. The van der Waals surface area contributed by atoms with E-state index in [2.05, 4.69) is 32.9 Å². The molecule has 8 nitrogen and oxygen atoms in total. The Bertz CT molecular complexity index is 1050. The number of nitrogen functional groups attached to an aromatic ring is 1. The van der Waals surface area contributed by atoms with Crippen molar-refractivity contribution in [1.82, 2.24) is 19.9 Å². The summed E-state index contributed by atoms with van der Waals surface area (Å²) in [7, 11) is 0. The minimum atomic E-state index is 0.0621. The van der Waals surface area contributed by atoms with Gasteiger partial charge in [-0.3, -0.25) is 9.79 Å². The van der Waals surface area contributed by atoms with Crippen molar-refractivity contribution in [3.05, 3.63) is 30.1 Å². The van der Waals surface area contributed by atoms with Crippen molar-refractivity contribution in [2.45, 2.75) is 52.5 Å². The number of nitrogens with one attached hydrogen (secondary N) is 1. The second-order valence-corrected chi connectivity index (χ2v) is 7.43. The molecule has 3 rings (SSSR count). The monoisotopic (exact) mass is 409 g/mol. The number of nitrogens with two attached hydrogens (primary N) is 2. The Hall–Kier alpha value is -3.16. The van der Waals surface area contributed by atoms with Crippen LogP contribution in [0, 0.1) is 0 Å². The number of aliphatic imine (C=N–C) groups is 1. The summed E-state index contributed by atoms with van der Waals surface area (Å²) in [5.74, 6) is 2.10. The molecule has 0 fully saturated rings. The van der Waals surface area contributed by atoms with Crippen LogP contribution < -0.4 is 16.8 Å². The maximum absolute atomic E-state index is 11.9. The van der Waals surface area contributed by atoms with E-state index in [1.54, 1.807) is 6.92 Å². The van der Waals surface area contributed by atoms with Crippen LogP contribution in [-0.2, 0) is 17.8 Å². The number of unbranched alkanes of at least 4 members (excludes halogenated alkanes) is 1. The lowest BCUT2D eigenvalue weighted by molar-refractivity contribution is -0.121. The van der Waals surface area contributed by atoms with E-state index >= 15 is 0 Å². The molecular formula is C22H31N7O. The summed E-state index contributed by atoms with van der Waals surface area (Å²) in [5, 5.41) is 4.05. The van der Waals surface area contributed by atoms with Crippen molar-refractivity contribution in [3.63, 3.8) is 0 Å². The average molecular weight is 410 g/mol. The van der Waals surface area contributed by atoms with Crippen molar-refractivity contribution in [3.8, 4) is 0 Å². The quantitative estimate of drug-likeness (QED) is 0.270. The van der Waals surface area contributed by atoms with Crippen LogP contribution in [0.25, 0.3) is 21.9 Å². The number of amidine groups is 1. The van der Waals surface area contributed by atoms with E-state index in [-0.39, 0.29) is 5.91 Å². The Morgan fingerprint density at radius 1 is 1.20 bits per heavy atom. The molecule has 8 heteroatoms. The molecule has 3 aromatic rings. The highest BCUT2D eigenvalue weighted by atomic mass is 16.1. The molecule has 0 radical (unpaired) electrons. The van der Waals surface area contributed by atoms with Gasteiger partial charge in [-0.05, 0) is 32.3 Å². The molecule has 0 aliphatic carbocycles. The third-order valence-corrected chi connectivity index (χ3v) is 5.06. The van der Waals surface area contributed by atoms with Crippen molar-refractivity contribution < 1.29 is 4.79 Å². The van der Waals surface area contributed by atoms with Crippen LogP contribution in [0.4, 0.5) is 5.82 Å². The Balaban J connectivity index is 1.60. The molecule has 30 heavy (non-hydrogen) atoms. The van der Waals surface area contributed by atoms with Gasteiger partial charge in [0.05, 0.1) is 16.9 Å². The lowest BCUT2D eigenvalue weighted by atomic mass is 10.2. The van der Waals surface area contributed by atoms with E-state index in [0.717, 1.165) is 53.6 Å². The molecule has 0 saturated heterocycles. The van der Waals surface area contributed by atoms with Crippen LogP contribution in [0.15, 0.2) is 29.3 Å².